The Bertz CT molecular complexity index is 409. The Balaban J connectivity index is 2.86. The average molecular weight is 332 g/mol. The first-order valence-corrected chi connectivity index (χ1v) is 7.66. The van der Waals surface area contributed by atoms with Crippen LogP contribution in [0.2, 0.25) is 0 Å². The average Bonchev–Trinajstić information content (AvgIpc) is 2.43. The second-order valence-corrected chi connectivity index (χ2v) is 6.62. The molecule has 2 N–H and O–H groups in total. The zero-order valence-corrected chi connectivity index (χ0v) is 14.5. The zero-order chi connectivity index (χ0) is 17.6. The van der Waals surface area contributed by atoms with Crippen molar-refractivity contribution in [2.45, 2.75) is 57.9 Å². The van der Waals surface area contributed by atoms with E-state index in [2.05, 4.69) is 5.32 Å². The maximum Gasteiger partial charge on any atom is 0.410 e. The second kappa shape index (κ2) is 8.47. The number of rotatable bonds is 5. The van der Waals surface area contributed by atoms with Gasteiger partial charge < -0.3 is 29.5 Å². The highest BCUT2D eigenvalue weighted by Gasteiger charge is 2.40. The molecule has 1 saturated heterocycles. The first-order valence-electron chi connectivity index (χ1n) is 7.66. The van der Waals surface area contributed by atoms with Crippen molar-refractivity contribution in [2.75, 3.05) is 27.1 Å². The second-order valence-electron chi connectivity index (χ2n) is 6.62. The number of ether oxygens (including phenoxy) is 3. The Morgan fingerprint density at radius 1 is 1.35 bits per heavy atom. The molecule has 0 aromatic carbocycles. The number of hydrogen-bond donors (Lipinski definition) is 2. The van der Waals surface area contributed by atoms with Crippen LogP contribution < -0.4 is 5.32 Å². The van der Waals surface area contributed by atoms with Gasteiger partial charge >= 0.3 is 6.09 Å². The van der Waals surface area contributed by atoms with E-state index in [1.54, 1.807) is 20.8 Å². The highest BCUT2D eigenvalue weighted by atomic mass is 16.7. The number of likely N-dealkylation sites (tertiary alicyclic amines) is 1. The first-order chi connectivity index (χ1) is 10.7. The molecular formula is C15H28N2O6. The van der Waals surface area contributed by atoms with Crippen LogP contribution in [0, 0.1) is 0 Å². The van der Waals surface area contributed by atoms with E-state index < -0.39 is 23.8 Å². The molecule has 2 amide bonds. The van der Waals surface area contributed by atoms with Gasteiger partial charge in [-0.05, 0) is 27.2 Å². The van der Waals surface area contributed by atoms with Crippen molar-refractivity contribution >= 4 is 12.0 Å². The minimum atomic E-state index is -0.635. The minimum Gasteiger partial charge on any atom is -0.444 e. The maximum atomic E-state index is 12.3. The maximum absolute atomic E-state index is 12.3. The molecule has 0 aromatic rings. The fourth-order valence-corrected chi connectivity index (χ4v) is 2.49. The van der Waals surface area contributed by atoms with Gasteiger partial charge in [-0.15, -0.1) is 0 Å². The fourth-order valence-electron chi connectivity index (χ4n) is 2.49. The van der Waals surface area contributed by atoms with E-state index in [1.807, 2.05) is 0 Å². The molecule has 1 aliphatic rings. The highest BCUT2D eigenvalue weighted by molar-refractivity contribution is 5.74. The van der Waals surface area contributed by atoms with Crippen LogP contribution >= 0.6 is 0 Å². The molecular weight excluding hydrogens is 304 g/mol. The summed E-state index contributed by atoms with van der Waals surface area (Å²) in [5.41, 5.74) is -0.635. The summed E-state index contributed by atoms with van der Waals surface area (Å²) in [4.78, 5) is 25.2. The number of piperidine rings is 1. The molecule has 0 aliphatic carbocycles. The Morgan fingerprint density at radius 2 is 2.00 bits per heavy atom. The van der Waals surface area contributed by atoms with E-state index >= 15 is 0 Å². The van der Waals surface area contributed by atoms with Crippen LogP contribution in [0.4, 0.5) is 4.79 Å². The van der Waals surface area contributed by atoms with E-state index in [9.17, 15) is 14.7 Å². The number of nitrogens with one attached hydrogen (secondary N) is 1. The molecule has 1 aliphatic heterocycles. The van der Waals surface area contributed by atoms with Crippen molar-refractivity contribution in [1.29, 1.82) is 0 Å². The number of carbonyl (C=O) groups excluding carboxylic acids is 2. The van der Waals surface area contributed by atoms with Crippen LogP contribution in [0.5, 0.6) is 0 Å². The van der Waals surface area contributed by atoms with Gasteiger partial charge in [0.05, 0.1) is 24.8 Å². The third-order valence-corrected chi connectivity index (χ3v) is 3.41. The molecule has 0 aromatic heterocycles. The third-order valence-electron chi connectivity index (χ3n) is 3.41. The van der Waals surface area contributed by atoms with E-state index in [4.69, 9.17) is 14.2 Å². The van der Waals surface area contributed by atoms with Gasteiger partial charge in [-0.3, -0.25) is 4.79 Å². The Kier molecular flexibility index (Phi) is 7.24. The number of nitrogens with zero attached hydrogens (tertiary/aromatic N) is 1. The van der Waals surface area contributed by atoms with Gasteiger partial charge in [0.15, 0.2) is 0 Å². The summed E-state index contributed by atoms with van der Waals surface area (Å²) in [6.45, 7) is 6.80. The van der Waals surface area contributed by atoms with Crippen LogP contribution in [0.3, 0.4) is 0 Å². The molecule has 1 heterocycles. The topological polar surface area (TPSA) is 97.3 Å². The van der Waals surface area contributed by atoms with Crippen molar-refractivity contribution in [1.82, 2.24) is 10.2 Å². The van der Waals surface area contributed by atoms with Gasteiger partial charge in [-0.25, -0.2) is 4.79 Å². The normalized spacial score (nSPS) is 25.1. The van der Waals surface area contributed by atoms with Crippen molar-refractivity contribution in [3.8, 4) is 0 Å². The first kappa shape index (κ1) is 19.7. The SMILES string of the molecule is COCO[C@@H]1C[C@@H](CO)N(C(=O)OC(C)(C)C)C[C@H]1NC(C)=O. The standard InChI is InChI=1S/C15H28N2O6/c1-10(19)16-12-7-17(14(20)23-15(2,3)4)11(8-18)6-13(12)22-9-21-5/h11-13,18H,6-9H2,1-5H3,(H,16,19)/t11-,12+,13+/m0/s1. The molecule has 0 saturated carbocycles. The van der Waals surface area contributed by atoms with Gasteiger partial charge in [0, 0.05) is 20.6 Å². The van der Waals surface area contributed by atoms with Crippen molar-refractivity contribution < 1.29 is 28.9 Å². The molecule has 1 fully saturated rings. The predicted octanol–water partition coefficient (Wildman–Crippen LogP) is 0.482. The Hall–Kier alpha value is -1.38. The van der Waals surface area contributed by atoms with E-state index in [0.29, 0.717) is 6.42 Å². The van der Waals surface area contributed by atoms with Gasteiger partial charge in [0.25, 0.3) is 0 Å². The van der Waals surface area contributed by atoms with Crippen molar-refractivity contribution in [3.63, 3.8) is 0 Å². The molecule has 0 unspecified atom stereocenters. The van der Waals surface area contributed by atoms with Crippen LogP contribution in [-0.2, 0) is 19.0 Å². The van der Waals surface area contributed by atoms with Gasteiger partial charge in [-0.1, -0.05) is 0 Å². The molecule has 134 valence electrons. The number of aliphatic hydroxyl groups is 1. The number of carbonyl (C=O) groups is 2. The van der Waals surface area contributed by atoms with Crippen LogP contribution in [0.25, 0.3) is 0 Å². The lowest BCUT2D eigenvalue weighted by Gasteiger charge is -2.43. The molecule has 0 bridgehead atoms. The zero-order valence-electron chi connectivity index (χ0n) is 14.5. The quantitative estimate of drug-likeness (QED) is 0.711. The fraction of sp³-hybridized carbons (Fsp3) is 0.867. The summed E-state index contributed by atoms with van der Waals surface area (Å²) < 4.78 is 15.9. The summed E-state index contributed by atoms with van der Waals surface area (Å²) in [5.74, 6) is -0.215. The molecule has 8 heteroatoms. The largest absolute Gasteiger partial charge is 0.444 e. The summed E-state index contributed by atoms with van der Waals surface area (Å²) in [7, 11) is 1.51. The molecule has 0 radical (unpaired) electrons. The summed E-state index contributed by atoms with van der Waals surface area (Å²) >= 11 is 0. The third kappa shape index (κ3) is 6.32. The van der Waals surface area contributed by atoms with Crippen molar-refractivity contribution in [2.24, 2.45) is 0 Å². The van der Waals surface area contributed by atoms with Crippen LogP contribution in [0.1, 0.15) is 34.1 Å². The summed E-state index contributed by atoms with van der Waals surface area (Å²) in [6.07, 6.45) is -0.490. The summed E-state index contributed by atoms with van der Waals surface area (Å²) in [5, 5.41) is 12.4. The Morgan fingerprint density at radius 3 is 2.48 bits per heavy atom. The highest BCUT2D eigenvalue weighted by Crippen LogP contribution is 2.23. The van der Waals surface area contributed by atoms with Gasteiger partial charge in [-0.2, -0.15) is 0 Å². The van der Waals surface area contributed by atoms with Gasteiger partial charge in [0.1, 0.15) is 12.4 Å². The lowest BCUT2D eigenvalue weighted by Crippen LogP contribution is -2.61. The molecule has 0 spiro atoms. The Labute approximate surface area is 137 Å². The number of aliphatic hydroxyl groups excluding tert-OH is 1. The number of hydrogen-bond acceptors (Lipinski definition) is 6. The van der Waals surface area contributed by atoms with E-state index in [0.717, 1.165) is 0 Å². The van der Waals surface area contributed by atoms with Crippen LogP contribution in [-0.4, -0.2) is 72.8 Å². The molecule has 1 rings (SSSR count). The predicted molar refractivity (Wildman–Crippen MR) is 82.8 cm³/mol. The lowest BCUT2D eigenvalue weighted by molar-refractivity contribution is -0.130. The minimum absolute atomic E-state index is 0.0747. The van der Waals surface area contributed by atoms with Crippen LogP contribution in [0.15, 0.2) is 0 Å². The van der Waals surface area contributed by atoms with Gasteiger partial charge in [0.2, 0.25) is 5.91 Å². The lowest BCUT2D eigenvalue weighted by atomic mass is 9.95. The van der Waals surface area contributed by atoms with E-state index in [-0.39, 0.29) is 32.0 Å². The summed E-state index contributed by atoms with van der Waals surface area (Å²) in [6, 6.07) is -0.824. The molecule has 8 nitrogen and oxygen atoms in total. The smallest absolute Gasteiger partial charge is 0.410 e. The number of methoxy groups -OCH3 is 1. The molecule has 23 heavy (non-hydrogen) atoms. The van der Waals surface area contributed by atoms with Crippen molar-refractivity contribution in [3.05, 3.63) is 0 Å². The number of amides is 2. The van der Waals surface area contributed by atoms with E-state index in [1.165, 1.54) is 18.9 Å². The monoisotopic (exact) mass is 332 g/mol. The molecule has 3 atom stereocenters.